The van der Waals surface area contributed by atoms with Crippen LogP contribution in [0.25, 0.3) is 16.6 Å². The summed E-state index contributed by atoms with van der Waals surface area (Å²) in [6, 6.07) is 13.4. The number of aryl methyl sites for hydroxylation is 1. The summed E-state index contributed by atoms with van der Waals surface area (Å²) >= 11 is 0. The SMILES string of the molecule is C=NCc1cnn2cc(OCCN3C4CCC3CC(=O)C4)cc(-c3ccc(N4CC5CC4CN5C(=O)c4cccc(C)c4C)nc3)c12. The second kappa shape index (κ2) is 11.9. The molecule has 4 fully saturated rings. The van der Waals surface area contributed by atoms with E-state index in [4.69, 9.17) is 9.72 Å². The molecule has 0 saturated carbocycles. The van der Waals surface area contributed by atoms with E-state index in [-0.39, 0.29) is 18.0 Å². The minimum Gasteiger partial charge on any atom is -0.491 e. The number of anilines is 1. The van der Waals surface area contributed by atoms with Gasteiger partial charge in [0.25, 0.3) is 5.91 Å². The van der Waals surface area contributed by atoms with E-state index in [2.05, 4.69) is 62.7 Å². The van der Waals surface area contributed by atoms with Crippen LogP contribution in [0.3, 0.4) is 0 Å². The molecule has 1 aromatic carbocycles. The smallest absolute Gasteiger partial charge is 0.254 e. The van der Waals surface area contributed by atoms with Gasteiger partial charge in [-0.3, -0.25) is 19.5 Å². The van der Waals surface area contributed by atoms with Crippen LogP contribution in [0, 0.1) is 13.8 Å². The summed E-state index contributed by atoms with van der Waals surface area (Å²) in [7, 11) is 0. The quantitative estimate of drug-likeness (QED) is 0.243. The Morgan fingerprint density at radius 1 is 1.04 bits per heavy atom. The molecule has 242 valence electrons. The van der Waals surface area contributed by atoms with Crippen molar-refractivity contribution in [2.45, 2.75) is 76.7 Å². The highest BCUT2D eigenvalue weighted by atomic mass is 16.5. The van der Waals surface area contributed by atoms with Crippen molar-refractivity contribution in [3.8, 4) is 16.9 Å². The molecule has 4 unspecified atom stereocenters. The maximum Gasteiger partial charge on any atom is 0.254 e. The van der Waals surface area contributed by atoms with Gasteiger partial charge in [0, 0.05) is 73.0 Å². The van der Waals surface area contributed by atoms with E-state index in [1.807, 2.05) is 42.2 Å². The number of nitrogens with zero attached hydrogens (tertiary/aromatic N) is 7. The molecule has 47 heavy (non-hydrogen) atoms. The van der Waals surface area contributed by atoms with Gasteiger partial charge in [-0.25, -0.2) is 9.50 Å². The molecule has 3 aromatic heterocycles. The summed E-state index contributed by atoms with van der Waals surface area (Å²) in [4.78, 5) is 41.5. The fraction of sp³-hybridized carbons (Fsp3) is 0.432. The van der Waals surface area contributed by atoms with Gasteiger partial charge in [-0.15, -0.1) is 0 Å². The van der Waals surface area contributed by atoms with Crippen molar-refractivity contribution in [2.75, 3.05) is 31.1 Å². The van der Waals surface area contributed by atoms with Gasteiger partial charge >= 0.3 is 0 Å². The van der Waals surface area contributed by atoms with Crippen LogP contribution in [0.1, 0.15) is 59.2 Å². The largest absolute Gasteiger partial charge is 0.491 e. The molecular weight excluding hydrogens is 590 g/mol. The topological polar surface area (TPSA) is 95.6 Å². The Balaban J connectivity index is 0.995. The van der Waals surface area contributed by atoms with Gasteiger partial charge in [0.15, 0.2) is 0 Å². The van der Waals surface area contributed by atoms with Gasteiger partial charge < -0.3 is 14.5 Å². The Kier molecular flexibility index (Phi) is 7.55. The Morgan fingerprint density at radius 3 is 2.60 bits per heavy atom. The lowest BCUT2D eigenvalue weighted by atomic mass is 10.0. The molecule has 0 radical (unpaired) electrons. The third-order valence-corrected chi connectivity index (χ3v) is 11.0. The number of likely N-dealkylation sites (tertiary alicyclic amines) is 1. The molecule has 1 amide bonds. The lowest BCUT2D eigenvalue weighted by molar-refractivity contribution is -0.123. The molecule has 0 aliphatic carbocycles. The summed E-state index contributed by atoms with van der Waals surface area (Å²) < 4.78 is 8.19. The first-order chi connectivity index (χ1) is 22.9. The number of piperidine rings is 1. The highest BCUT2D eigenvalue weighted by Crippen LogP contribution is 2.37. The lowest BCUT2D eigenvalue weighted by Crippen LogP contribution is -2.49. The minimum atomic E-state index is 0.136. The van der Waals surface area contributed by atoms with Crippen LogP contribution in [0.15, 0.2) is 60.0 Å². The van der Waals surface area contributed by atoms with E-state index in [1.165, 1.54) is 0 Å². The molecule has 0 N–H and O–H groups in total. The number of pyridine rings is 2. The van der Waals surface area contributed by atoms with Crippen molar-refractivity contribution < 1.29 is 14.3 Å². The minimum absolute atomic E-state index is 0.136. The molecule has 4 saturated heterocycles. The number of amides is 1. The molecular formula is C37H41N7O3. The number of hydrogen-bond acceptors (Lipinski definition) is 8. The van der Waals surface area contributed by atoms with Gasteiger partial charge in [0.1, 0.15) is 24.0 Å². The number of aromatic nitrogens is 3. The van der Waals surface area contributed by atoms with Crippen LogP contribution in [0.2, 0.25) is 0 Å². The second-order valence-corrected chi connectivity index (χ2v) is 13.7. The standard InChI is InChI=1S/C37H41N7O3/c1-23-5-4-6-33(24(23)2)37(46)43-21-29-13-30(43)20-42(29)35-10-7-25(18-39-35)34-16-32(22-44-36(34)26(17-38-3)19-40-44)47-12-11-41-27-8-9-28(41)15-31(45)14-27/h4-7,10,16,18-19,22,27-30H,3,8-9,11-15,17,20-21H2,1-2H3. The number of rotatable bonds is 9. The average Bonchev–Trinajstić information content (AvgIpc) is 3.85. The van der Waals surface area contributed by atoms with Crippen molar-refractivity contribution >= 4 is 29.7 Å². The number of benzene rings is 1. The van der Waals surface area contributed by atoms with E-state index in [0.717, 1.165) is 82.8 Å². The highest BCUT2D eigenvalue weighted by Gasteiger charge is 2.46. The first-order valence-electron chi connectivity index (χ1n) is 16.8. The maximum absolute atomic E-state index is 13.5. The zero-order chi connectivity index (χ0) is 32.2. The number of aliphatic imine (C=N–C) groups is 1. The molecule has 4 atom stereocenters. The normalized spacial score (nSPS) is 23.7. The predicted molar refractivity (Wildman–Crippen MR) is 181 cm³/mol. The zero-order valence-electron chi connectivity index (χ0n) is 27.1. The van der Waals surface area contributed by atoms with Crippen molar-refractivity contribution in [1.82, 2.24) is 24.4 Å². The van der Waals surface area contributed by atoms with E-state index < -0.39 is 0 Å². The van der Waals surface area contributed by atoms with Crippen molar-refractivity contribution in [1.29, 1.82) is 0 Å². The first-order valence-corrected chi connectivity index (χ1v) is 16.8. The van der Waals surface area contributed by atoms with E-state index in [0.29, 0.717) is 50.4 Å². The molecule has 4 aliphatic rings. The number of carbonyl (C=O) groups excluding carboxylic acids is 2. The molecule has 4 aliphatic heterocycles. The summed E-state index contributed by atoms with van der Waals surface area (Å²) in [6.07, 6.45) is 10.2. The molecule has 7 heterocycles. The third kappa shape index (κ3) is 5.28. The zero-order valence-corrected chi connectivity index (χ0v) is 27.1. The average molecular weight is 632 g/mol. The lowest BCUT2D eigenvalue weighted by Gasteiger charge is -2.35. The Morgan fingerprint density at radius 2 is 1.87 bits per heavy atom. The van der Waals surface area contributed by atoms with Gasteiger partial charge in [-0.1, -0.05) is 12.1 Å². The summed E-state index contributed by atoms with van der Waals surface area (Å²) in [5, 5.41) is 4.62. The first kappa shape index (κ1) is 29.8. The Bertz CT molecular complexity index is 1850. The van der Waals surface area contributed by atoms with Crippen LogP contribution in [0.5, 0.6) is 5.75 Å². The number of ketones is 1. The Labute approximate surface area is 275 Å². The van der Waals surface area contributed by atoms with Crippen LogP contribution in [-0.4, -0.2) is 93.2 Å². The fourth-order valence-electron chi connectivity index (χ4n) is 8.44. The van der Waals surface area contributed by atoms with Crippen LogP contribution >= 0.6 is 0 Å². The molecule has 10 heteroatoms. The highest BCUT2D eigenvalue weighted by molar-refractivity contribution is 5.96. The molecule has 4 bridgehead atoms. The van der Waals surface area contributed by atoms with Gasteiger partial charge in [0.05, 0.1) is 36.5 Å². The van der Waals surface area contributed by atoms with Gasteiger partial charge in [-0.2, -0.15) is 5.10 Å². The summed E-state index contributed by atoms with van der Waals surface area (Å²) in [6.45, 7) is 11.1. The van der Waals surface area contributed by atoms with Crippen molar-refractivity contribution in [3.63, 3.8) is 0 Å². The Hall–Kier alpha value is -4.57. The number of Topliss-reactive ketones (excluding diaryl/α,β-unsaturated/α-hetero) is 1. The molecule has 0 spiro atoms. The number of carbonyl (C=O) groups is 2. The number of hydrogen-bond donors (Lipinski definition) is 0. The van der Waals surface area contributed by atoms with E-state index >= 15 is 0 Å². The van der Waals surface area contributed by atoms with Crippen molar-refractivity contribution in [2.24, 2.45) is 4.99 Å². The number of ether oxygens (including phenoxy) is 1. The van der Waals surface area contributed by atoms with E-state index in [9.17, 15) is 9.59 Å². The maximum atomic E-state index is 13.5. The monoisotopic (exact) mass is 631 g/mol. The third-order valence-electron chi connectivity index (χ3n) is 11.0. The van der Waals surface area contributed by atoms with Gasteiger partial charge in [-0.05, 0) is 75.2 Å². The molecule has 4 aromatic rings. The molecule has 10 nitrogen and oxygen atoms in total. The van der Waals surface area contributed by atoms with Crippen molar-refractivity contribution in [3.05, 3.63) is 77.2 Å². The summed E-state index contributed by atoms with van der Waals surface area (Å²) in [5.41, 5.74) is 6.93. The van der Waals surface area contributed by atoms with Crippen LogP contribution in [-0.2, 0) is 11.3 Å². The second-order valence-electron chi connectivity index (χ2n) is 13.7. The predicted octanol–water partition coefficient (Wildman–Crippen LogP) is 4.89. The number of piperazine rings is 1. The molecule has 8 rings (SSSR count). The van der Waals surface area contributed by atoms with Crippen LogP contribution < -0.4 is 9.64 Å². The van der Waals surface area contributed by atoms with Crippen LogP contribution in [0.4, 0.5) is 5.82 Å². The van der Waals surface area contributed by atoms with E-state index in [1.54, 1.807) is 0 Å². The number of fused-ring (bicyclic) bond motifs is 5. The summed E-state index contributed by atoms with van der Waals surface area (Å²) in [5.74, 6) is 2.20. The fourth-order valence-corrected chi connectivity index (χ4v) is 8.44. The van der Waals surface area contributed by atoms with Gasteiger partial charge in [0.2, 0.25) is 0 Å².